The molecule has 8 N–H and O–H groups in total. The molecule has 32 heavy (non-hydrogen) atoms. The summed E-state index contributed by atoms with van der Waals surface area (Å²) >= 11 is 0.634. The summed E-state index contributed by atoms with van der Waals surface area (Å²) < 4.78 is 0. The third kappa shape index (κ3) is 8.70. The van der Waals surface area contributed by atoms with E-state index in [0.717, 1.165) is 0 Å². The maximum Gasteiger partial charge on any atom is 0.322 e. The number of carboxylic acids is 4. The summed E-state index contributed by atoms with van der Waals surface area (Å²) in [6.45, 7) is 2.29. The van der Waals surface area contributed by atoms with Crippen molar-refractivity contribution in [1.82, 2.24) is 10.6 Å². The van der Waals surface area contributed by atoms with Crippen molar-refractivity contribution >= 4 is 47.5 Å². The molecule has 14 heteroatoms. The van der Waals surface area contributed by atoms with Gasteiger partial charge in [0.2, 0.25) is 11.8 Å². The van der Waals surface area contributed by atoms with Crippen molar-refractivity contribution in [1.29, 1.82) is 0 Å². The summed E-state index contributed by atoms with van der Waals surface area (Å²) in [6, 6.07) is -2.70. The van der Waals surface area contributed by atoms with E-state index >= 15 is 0 Å². The molecule has 0 saturated carbocycles. The van der Waals surface area contributed by atoms with E-state index < -0.39 is 65.0 Å². The van der Waals surface area contributed by atoms with Crippen LogP contribution >= 0.6 is 11.8 Å². The summed E-state index contributed by atoms with van der Waals surface area (Å²) in [5.41, 5.74) is 3.70. The van der Waals surface area contributed by atoms with Gasteiger partial charge in [0.05, 0.1) is 5.41 Å². The smallest absolute Gasteiger partial charge is 0.322 e. The molecule has 0 radical (unpaired) electrons. The summed E-state index contributed by atoms with van der Waals surface area (Å²) in [5.74, 6) is -7.46. The SMILES string of the molecule is CCC(CC)(C(=O)O)C(SC[C@H](NC(=O)CC[C@H](N)C(=O)O)C(=O)NCC(=O)O)C(=O)O. The Morgan fingerprint density at radius 1 is 0.969 bits per heavy atom. The first-order valence-corrected chi connectivity index (χ1v) is 10.7. The number of aliphatic carboxylic acids is 4. The topological polar surface area (TPSA) is 233 Å². The summed E-state index contributed by atoms with van der Waals surface area (Å²) in [5, 5.41) is 39.6. The van der Waals surface area contributed by atoms with Crippen molar-refractivity contribution in [3.05, 3.63) is 0 Å². The standard InChI is InChI=1S/C18H29N3O10S/c1-3-18(4-2,17(30)31)13(16(28)29)32-8-10(14(25)20-7-12(23)24)21-11(22)6-5-9(19)15(26)27/h9-10,13H,3-8,19H2,1-2H3,(H,20,25)(H,21,22)(H,23,24)(H,26,27)(H,28,29)(H,30,31)/t9-,10-,13?/m0/s1. The van der Waals surface area contributed by atoms with Gasteiger partial charge >= 0.3 is 23.9 Å². The molecule has 0 rings (SSSR count). The lowest BCUT2D eigenvalue weighted by molar-refractivity contribution is -0.155. The van der Waals surface area contributed by atoms with Crippen molar-refractivity contribution in [2.75, 3.05) is 12.3 Å². The molecule has 0 aromatic rings. The number of carbonyl (C=O) groups is 6. The lowest BCUT2D eigenvalue weighted by Crippen LogP contribution is -2.51. The molecule has 0 aliphatic heterocycles. The monoisotopic (exact) mass is 479 g/mol. The molecule has 0 aliphatic rings. The first-order valence-electron chi connectivity index (χ1n) is 9.67. The molecule has 0 aliphatic carbocycles. The van der Waals surface area contributed by atoms with Gasteiger partial charge < -0.3 is 36.8 Å². The van der Waals surface area contributed by atoms with Crippen LogP contribution in [-0.4, -0.2) is 85.7 Å². The van der Waals surface area contributed by atoms with Crippen LogP contribution in [0, 0.1) is 5.41 Å². The third-order valence-corrected chi connectivity index (χ3v) is 6.42. The van der Waals surface area contributed by atoms with Crippen molar-refractivity contribution in [2.45, 2.75) is 56.9 Å². The van der Waals surface area contributed by atoms with Gasteiger partial charge in [-0.1, -0.05) is 13.8 Å². The number of thioether (sulfide) groups is 1. The minimum atomic E-state index is -1.63. The average Bonchev–Trinajstić information content (AvgIpc) is 2.71. The van der Waals surface area contributed by atoms with Gasteiger partial charge in [-0.2, -0.15) is 0 Å². The first kappa shape index (κ1) is 29.1. The van der Waals surface area contributed by atoms with Gasteiger partial charge in [-0.3, -0.25) is 28.8 Å². The Labute approximate surface area is 188 Å². The highest BCUT2D eigenvalue weighted by Gasteiger charge is 2.47. The zero-order chi connectivity index (χ0) is 25.1. The van der Waals surface area contributed by atoms with Crippen LogP contribution < -0.4 is 16.4 Å². The molecule has 2 amide bonds. The lowest BCUT2D eigenvalue weighted by atomic mass is 9.79. The van der Waals surface area contributed by atoms with Gasteiger partial charge in [0.25, 0.3) is 0 Å². The maximum absolute atomic E-state index is 12.3. The van der Waals surface area contributed by atoms with Crippen molar-refractivity contribution in [3.8, 4) is 0 Å². The van der Waals surface area contributed by atoms with Crippen LogP contribution in [0.15, 0.2) is 0 Å². The Hall–Kier alpha value is -2.87. The van der Waals surface area contributed by atoms with Gasteiger partial charge in [-0.05, 0) is 19.3 Å². The predicted octanol–water partition coefficient (Wildman–Crippen LogP) is -1.06. The molecule has 0 bridgehead atoms. The molecular weight excluding hydrogens is 450 g/mol. The van der Waals surface area contributed by atoms with Gasteiger partial charge in [-0.15, -0.1) is 11.8 Å². The largest absolute Gasteiger partial charge is 0.481 e. The molecule has 0 heterocycles. The van der Waals surface area contributed by atoms with Crippen LogP contribution in [0.25, 0.3) is 0 Å². The van der Waals surface area contributed by atoms with Crippen LogP contribution in [-0.2, 0) is 28.8 Å². The molecule has 0 fully saturated rings. The van der Waals surface area contributed by atoms with Gasteiger partial charge in [-0.25, -0.2) is 0 Å². The Kier molecular flexibility index (Phi) is 12.3. The van der Waals surface area contributed by atoms with E-state index in [1.165, 1.54) is 13.8 Å². The fraction of sp³-hybridized carbons (Fsp3) is 0.667. The van der Waals surface area contributed by atoms with E-state index in [-0.39, 0.29) is 31.4 Å². The number of nitrogens with one attached hydrogen (secondary N) is 2. The molecule has 0 spiro atoms. The Balaban J connectivity index is 5.52. The van der Waals surface area contributed by atoms with Crippen LogP contribution in [0.1, 0.15) is 39.5 Å². The van der Waals surface area contributed by atoms with E-state index in [4.69, 9.17) is 15.9 Å². The minimum absolute atomic E-state index is 0.00187. The number of amides is 2. The Morgan fingerprint density at radius 3 is 1.94 bits per heavy atom. The zero-order valence-electron chi connectivity index (χ0n) is 17.7. The molecule has 182 valence electrons. The normalized spacial score (nSPS) is 14.0. The molecule has 1 unspecified atom stereocenters. The maximum atomic E-state index is 12.3. The predicted molar refractivity (Wildman–Crippen MR) is 112 cm³/mol. The van der Waals surface area contributed by atoms with Crippen LogP contribution in [0.3, 0.4) is 0 Å². The number of carbonyl (C=O) groups excluding carboxylic acids is 2. The molecule has 0 aromatic heterocycles. The van der Waals surface area contributed by atoms with E-state index in [1.54, 1.807) is 0 Å². The lowest BCUT2D eigenvalue weighted by Gasteiger charge is -2.33. The van der Waals surface area contributed by atoms with E-state index in [2.05, 4.69) is 10.6 Å². The number of rotatable bonds is 16. The highest BCUT2D eigenvalue weighted by molar-refractivity contribution is 8.00. The van der Waals surface area contributed by atoms with E-state index in [0.29, 0.717) is 11.8 Å². The van der Waals surface area contributed by atoms with Gasteiger partial charge in [0.15, 0.2) is 0 Å². The summed E-state index contributed by atoms with van der Waals surface area (Å²) in [4.78, 5) is 69.6. The quantitative estimate of drug-likeness (QED) is 0.140. The number of nitrogens with two attached hydrogens (primary N) is 1. The van der Waals surface area contributed by atoms with Gasteiger partial charge in [0, 0.05) is 12.2 Å². The average molecular weight is 480 g/mol. The van der Waals surface area contributed by atoms with Crippen molar-refractivity contribution in [2.24, 2.45) is 11.1 Å². The van der Waals surface area contributed by atoms with Gasteiger partial charge in [0.1, 0.15) is 23.9 Å². The first-order chi connectivity index (χ1) is 14.8. The van der Waals surface area contributed by atoms with E-state index in [1.807, 2.05) is 0 Å². The summed E-state index contributed by atoms with van der Waals surface area (Å²) in [7, 11) is 0. The highest BCUT2D eigenvalue weighted by Crippen LogP contribution is 2.39. The Bertz CT molecular complexity index is 726. The minimum Gasteiger partial charge on any atom is -0.481 e. The molecule has 13 nitrogen and oxygen atoms in total. The van der Waals surface area contributed by atoms with Crippen LogP contribution in [0.2, 0.25) is 0 Å². The summed E-state index contributed by atoms with van der Waals surface area (Å²) in [6.07, 6.45) is -0.592. The third-order valence-electron chi connectivity index (χ3n) is 4.91. The number of hydrogen-bond donors (Lipinski definition) is 7. The fourth-order valence-electron chi connectivity index (χ4n) is 2.84. The second kappa shape index (κ2) is 13.5. The van der Waals surface area contributed by atoms with Crippen LogP contribution in [0.5, 0.6) is 0 Å². The second-order valence-corrected chi connectivity index (χ2v) is 8.07. The Morgan fingerprint density at radius 2 is 1.53 bits per heavy atom. The number of hydrogen-bond acceptors (Lipinski definition) is 8. The number of carboxylic acid groups (broad SMARTS) is 4. The highest BCUT2D eigenvalue weighted by atomic mass is 32.2. The van der Waals surface area contributed by atoms with Crippen molar-refractivity contribution < 1.29 is 49.2 Å². The molecule has 3 atom stereocenters. The molecule has 0 aromatic carbocycles. The molecule has 0 saturated heterocycles. The fourth-order valence-corrected chi connectivity index (χ4v) is 4.36. The van der Waals surface area contributed by atoms with Crippen molar-refractivity contribution in [3.63, 3.8) is 0 Å². The van der Waals surface area contributed by atoms with Crippen LogP contribution in [0.4, 0.5) is 0 Å². The van der Waals surface area contributed by atoms with E-state index in [9.17, 15) is 39.0 Å². The zero-order valence-corrected chi connectivity index (χ0v) is 18.5. The molecular formula is C18H29N3O10S. The second-order valence-electron chi connectivity index (χ2n) is 6.94.